The monoisotopic (exact) mass is 263 g/mol. The largest absolute Gasteiger partial charge is 0.307 e. The molecule has 4 heteroatoms. The molecule has 0 bridgehead atoms. The van der Waals surface area contributed by atoms with Gasteiger partial charge >= 0.3 is 0 Å². The zero-order valence-electron chi connectivity index (χ0n) is 9.69. The van der Waals surface area contributed by atoms with Crippen molar-refractivity contribution in [3.8, 4) is 0 Å². The van der Waals surface area contributed by atoms with Crippen LogP contribution in [0.25, 0.3) is 6.08 Å². The Morgan fingerprint density at radius 1 is 1.29 bits per heavy atom. The highest BCUT2D eigenvalue weighted by molar-refractivity contribution is 8.26. The number of hydrogen-bond acceptors (Lipinski definition) is 3. The minimum atomic E-state index is -0.104. The summed E-state index contributed by atoms with van der Waals surface area (Å²) in [5.74, 6) is 0.418. The van der Waals surface area contributed by atoms with Crippen LogP contribution < -0.4 is 5.32 Å². The molecule has 0 saturated carbocycles. The van der Waals surface area contributed by atoms with Crippen LogP contribution in [-0.2, 0) is 4.79 Å². The van der Waals surface area contributed by atoms with Crippen molar-refractivity contribution in [1.29, 1.82) is 0 Å². The lowest BCUT2D eigenvalue weighted by atomic mass is 10.0. The Morgan fingerprint density at radius 2 is 1.94 bits per heavy atom. The second-order valence-electron chi connectivity index (χ2n) is 4.17. The first kappa shape index (κ1) is 12.3. The highest BCUT2D eigenvalue weighted by Crippen LogP contribution is 2.26. The predicted octanol–water partition coefficient (Wildman–Crippen LogP) is 3.30. The molecule has 1 N–H and O–H groups in total. The summed E-state index contributed by atoms with van der Waals surface area (Å²) < 4.78 is 0.528. The minimum absolute atomic E-state index is 0.104. The van der Waals surface area contributed by atoms with Crippen molar-refractivity contribution in [2.45, 2.75) is 19.8 Å². The van der Waals surface area contributed by atoms with Gasteiger partial charge in [0, 0.05) is 0 Å². The van der Waals surface area contributed by atoms with Gasteiger partial charge in [0.25, 0.3) is 5.91 Å². The quantitative estimate of drug-likeness (QED) is 0.655. The molecule has 1 fully saturated rings. The van der Waals surface area contributed by atoms with Gasteiger partial charge in [-0.2, -0.15) is 0 Å². The summed E-state index contributed by atoms with van der Waals surface area (Å²) in [6.45, 7) is 4.32. The van der Waals surface area contributed by atoms with Gasteiger partial charge in [-0.15, -0.1) is 0 Å². The van der Waals surface area contributed by atoms with E-state index in [1.165, 1.54) is 17.3 Å². The van der Waals surface area contributed by atoms with Gasteiger partial charge in [-0.3, -0.25) is 4.79 Å². The standard InChI is InChI=1S/C13H13NOS2/c1-8(2)10-5-3-9(4-6-10)7-11-12(15)14-13(16)17-11/h3-8H,1-2H3,(H,14,15,16). The highest BCUT2D eigenvalue weighted by Gasteiger charge is 2.21. The van der Waals surface area contributed by atoms with E-state index in [4.69, 9.17) is 12.2 Å². The molecule has 1 aromatic carbocycles. The number of amides is 1. The lowest BCUT2D eigenvalue weighted by Crippen LogP contribution is -2.17. The molecule has 1 aromatic rings. The van der Waals surface area contributed by atoms with Crippen LogP contribution in [0.1, 0.15) is 30.9 Å². The fraction of sp³-hybridized carbons (Fsp3) is 0.231. The maximum Gasteiger partial charge on any atom is 0.263 e. The van der Waals surface area contributed by atoms with Gasteiger partial charge in [-0.25, -0.2) is 0 Å². The van der Waals surface area contributed by atoms with Crippen molar-refractivity contribution in [2.75, 3.05) is 0 Å². The average Bonchev–Trinajstić information content (AvgIpc) is 2.58. The summed E-state index contributed by atoms with van der Waals surface area (Å²) in [5.41, 5.74) is 2.32. The number of nitrogens with one attached hydrogen (secondary N) is 1. The Bertz CT molecular complexity index is 489. The number of benzene rings is 1. The molecule has 0 spiro atoms. The number of carbonyl (C=O) groups is 1. The Morgan fingerprint density at radius 3 is 2.41 bits per heavy atom. The van der Waals surface area contributed by atoms with Gasteiger partial charge in [0.05, 0.1) is 4.91 Å². The summed E-state index contributed by atoms with van der Waals surface area (Å²) in [6, 6.07) is 8.23. The maximum absolute atomic E-state index is 11.5. The van der Waals surface area contributed by atoms with Crippen LogP contribution in [0.5, 0.6) is 0 Å². The topological polar surface area (TPSA) is 29.1 Å². The molecule has 88 valence electrons. The molecular formula is C13H13NOS2. The fourth-order valence-electron chi connectivity index (χ4n) is 1.55. The first-order valence-corrected chi connectivity index (χ1v) is 6.63. The van der Waals surface area contributed by atoms with Crippen molar-refractivity contribution < 1.29 is 4.79 Å². The van der Waals surface area contributed by atoms with Crippen molar-refractivity contribution in [3.63, 3.8) is 0 Å². The van der Waals surface area contributed by atoms with Crippen molar-refractivity contribution in [3.05, 3.63) is 40.3 Å². The Labute approximate surface area is 110 Å². The summed E-state index contributed by atoms with van der Waals surface area (Å²) in [6.07, 6.45) is 1.86. The number of rotatable bonds is 2. The second-order valence-corrected chi connectivity index (χ2v) is 5.89. The van der Waals surface area contributed by atoms with Crippen LogP contribution in [0.3, 0.4) is 0 Å². The molecule has 0 aromatic heterocycles. The van der Waals surface area contributed by atoms with E-state index in [1.807, 2.05) is 18.2 Å². The number of carbonyl (C=O) groups excluding carboxylic acids is 1. The SMILES string of the molecule is CC(C)c1ccc(C=C2SC(=S)NC2=O)cc1. The molecule has 1 saturated heterocycles. The van der Waals surface area contributed by atoms with Crippen LogP contribution in [0.2, 0.25) is 0 Å². The van der Waals surface area contributed by atoms with E-state index in [2.05, 4.69) is 31.3 Å². The summed E-state index contributed by atoms with van der Waals surface area (Å²) >= 11 is 6.25. The number of thiocarbonyl (C=S) groups is 1. The van der Waals surface area contributed by atoms with Gasteiger partial charge in [0.2, 0.25) is 0 Å². The summed E-state index contributed by atoms with van der Waals surface area (Å²) in [5, 5.41) is 2.60. The molecule has 2 nitrogen and oxygen atoms in total. The average molecular weight is 263 g/mol. The van der Waals surface area contributed by atoms with E-state index in [0.29, 0.717) is 15.1 Å². The van der Waals surface area contributed by atoms with Crippen LogP contribution in [0.15, 0.2) is 29.2 Å². The highest BCUT2D eigenvalue weighted by atomic mass is 32.2. The molecule has 0 unspecified atom stereocenters. The summed E-state index contributed by atoms with van der Waals surface area (Å²) in [7, 11) is 0. The van der Waals surface area contributed by atoms with E-state index in [-0.39, 0.29) is 5.91 Å². The van der Waals surface area contributed by atoms with Crippen LogP contribution in [-0.4, -0.2) is 10.2 Å². The van der Waals surface area contributed by atoms with E-state index >= 15 is 0 Å². The maximum atomic E-state index is 11.5. The molecule has 1 amide bonds. The molecule has 2 rings (SSSR count). The van der Waals surface area contributed by atoms with Gasteiger partial charge < -0.3 is 5.32 Å². The molecule has 0 radical (unpaired) electrons. The smallest absolute Gasteiger partial charge is 0.263 e. The third kappa shape index (κ3) is 2.96. The van der Waals surface area contributed by atoms with E-state index in [0.717, 1.165) is 5.56 Å². The molecular weight excluding hydrogens is 250 g/mol. The fourth-order valence-corrected chi connectivity index (χ4v) is 2.59. The lowest BCUT2D eigenvalue weighted by Gasteiger charge is -2.04. The predicted molar refractivity (Wildman–Crippen MR) is 76.8 cm³/mol. The third-order valence-electron chi connectivity index (χ3n) is 2.54. The van der Waals surface area contributed by atoms with Gasteiger partial charge in [0.15, 0.2) is 0 Å². The Kier molecular flexibility index (Phi) is 3.64. The number of hydrogen-bond donors (Lipinski definition) is 1. The Balaban J connectivity index is 2.21. The van der Waals surface area contributed by atoms with Crippen molar-refractivity contribution in [2.24, 2.45) is 0 Å². The third-order valence-corrected chi connectivity index (χ3v) is 3.71. The van der Waals surface area contributed by atoms with Crippen LogP contribution in [0, 0.1) is 0 Å². The van der Waals surface area contributed by atoms with Crippen molar-refractivity contribution in [1.82, 2.24) is 5.32 Å². The Hall–Kier alpha value is -1.13. The normalized spacial score (nSPS) is 17.9. The molecule has 1 aliphatic rings. The van der Waals surface area contributed by atoms with Crippen molar-refractivity contribution >= 4 is 40.3 Å². The molecule has 0 atom stereocenters. The lowest BCUT2D eigenvalue weighted by molar-refractivity contribution is -0.115. The first-order valence-electron chi connectivity index (χ1n) is 5.41. The first-order chi connectivity index (χ1) is 8.06. The van der Waals surface area contributed by atoms with Gasteiger partial charge in [-0.05, 0) is 23.1 Å². The zero-order chi connectivity index (χ0) is 12.4. The zero-order valence-corrected chi connectivity index (χ0v) is 11.3. The van der Waals surface area contributed by atoms with Gasteiger partial charge in [-0.1, -0.05) is 62.1 Å². The van der Waals surface area contributed by atoms with Crippen LogP contribution >= 0.6 is 24.0 Å². The molecule has 1 heterocycles. The molecule has 17 heavy (non-hydrogen) atoms. The second kappa shape index (κ2) is 5.02. The molecule has 0 aliphatic carbocycles. The molecule has 1 aliphatic heterocycles. The summed E-state index contributed by atoms with van der Waals surface area (Å²) in [4.78, 5) is 12.1. The van der Waals surface area contributed by atoms with E-state index in [1.54, 1.807) is 0 Å². The van der Waals surface area contributed by atoms with Gasteiger partial charge in [0.1, 0.15) is 4.32 Å². The van der Waals surface area contributed by atoms with E-state index in [9.17, 15) is 4.79 Å². The van der Waals surface area contributed by atoms with Crippen LogP contribution in [0.4, 0.5) is 0 Å². The minimum Gasteiger partial charge on any atom is -0.307 e. The van der Waals surface area contributed by atoms with E-state index < -0.39 is 0 Å². The number of thioether (sulfide) groups is 1.